The predicted molar refractivity (Wildman–Crippen MR) is 89.0 cm³/mol. The standard InChI is InChI=1S/C18H18N2OS/c1-13-6-2-3-7-14(13)10-11-17-19-12-16(22-17)18(21)20-15-8-4-5-9-15/h2-3,6-7,12,15H,4-5,8-9H2,1H3,(H,20,21). The summed E-state index contributed by atoms with van der Waals surface area (Å²) < 4.78 is 0. The number of nitrogens with one attached hydrogen (secondary N) is 1. The second-order valence-corrected chi connectivity index (χ2v) is 6.58. The molecule has 1 aromatic carbocycles. The number of aryl methyl sites for hydroxylation is 1. The van der Waals surface area contributed by atoms with E-state index in [9.17, 15) is 4.79 Å². The average Bonchev–Trinajstić information content (AvgIpc) is 3.18. The first-order chi connectivity index (χ1) is 10.7. The number of carbonyl (C=O) groups excluding carboxylic acids is 1. The van der Waals surface area contributed by atoms with Crippen molar-refractivity contribution in [3.05, 3.63) is 51.5 Å². The highest BCUT2D eigenvalue weighted by atomic mass is 32.1. The molecule has 0 unspecified atom stereocenters. The third-order valence-corrected chi connectivity index (χ3v) is 4.78. The van der Waals surface area contributed by atoms with E-state index in [1.165, 1.54) is 24.2 Å². The van der Waals surface area contributed by atoms with E-state index in [-0.39, 0.29) is 5.91 Å². The van der Waals surface area contributed by atoms with Crippen molar-refractivity contribution in [2.24, 2.45) is 0 Å². The Morgan fingerprint density at radius 2 is 2.05 bits per heavy atom. The molecule has 22 heavy (non-hydrogen) atoms. The van der Waals surface area contributed by atoms with Gasteiger partial charge < -0.3 is 5.32 Å². The van der Waals surface area contributed by atoms with E-state index in [0.717, 1.165) is 24.0 Å². The summed E-state index contributed by atoms with van der Waals surface area (Å²) in [6, 6.07) is 8.32. The summed E-state index contributed by atoms with van der Waals surface area (Å²) in [6.07, 6.45) is 6.22. The van der Waals surface area contributed by atoms with E-state index in [2.05, 4.69) is 22.1 Å². The minimum absolute atomic E-state index is 0.0201. The van der Waals surface area contributed by atoms with Gasteiger partial charge in [-0.3, -0.25) is 4.79 Å². The molecule has 0 radical (unpaired) electrons. The largest absolute Gasteiger partial charge is 0.349 e. The number of nitrogens with zero attached hydrogens (tertiary/aromatic N) is 1. The summed E-state index contributed by atoms with van der Waals surface area (Å²) in [6.45, 7) is 2.03. The molecule has 1 fully saturated rings. The maximum atomic E-state index is 12.2. The second kappa shape index (κ2) is 6.76. The molecule has 1 aliphatic carbocycles. The van der Waals surface area contributed by atoms with Crippen molar-refractivity contribution in [3.63, 3.8) is 0 Å². The Balaban J connectivity index is 1.69. The van der Waals surface area contributed by atoms with Crippen molar-refractivity contribution in [1.82, 2.24) is 10.3 Å². The fraction of sp³-hybridized carbons (Fsp3) is 0.333. The average molecular weight is 310 g/mol. The molecule has 3 rings (SSSR count). The number of benzene rings is 1. The lowest BCUT2D eigenvalue weighted by atomic mass is 10.1. The number of hydrogen-bond donors (Lipinski definition) is 1. The smallest absolute Gasteiger partial charge is 0.263 e. The molecule has 1 amide bonds. The van der Waals surface area contributed by atoms with E-state index in [1.54, 1.807) is 6.20 Å². The van der Waals surface area contributed by atoms with Gasteiger partial charge in [0.15, 0.2) is 5.01 Å². The maximum Gasteiger partial charge on any atom is 0.263 e. The van der Waals surface area contributed by atoms with E-state index >= 15 is 0 Å². The first-order valence-electron chi connectivity index (χ1n) is 7.57. The highest BCUT2D eigenvalue weighted by Crippen LogP contribution is 2.19. The molecule has 0 spiro atoms. The SMILES string of the molecule is Cc1ccccc1C#Cc1ncc(C(=O)NC2CCCC2)s1. The van der Waals surface area contributed by atoms with Gasteiger partial charge >= 0.3 is 0 Å². The Hall–Kier alpha value is -2.12. The highest BCUT2D eigenvalue weighted by molar-refractivity contribution is 7.14. The molecule has 1 aromatic heterocycles. The molecule has 1 saturated carbocycles. The monoisotopic (exact) mass is 310 g/mol. The number of thiazole rings is 1. The van der Waals surface area contributed by atoms with E-state index in [0.29, 0.717) is 15.9 Å². The van der Waals surface area contributed by atoms with Gasteiger partial charge in [-0.15, -0.1) is 11.3 Å². The van der Waals surface area contributed by atoms with Crippen molar-refractivity contribution in [1.29, 1.82) is 0 Å². The van der Waals surface area contributed by atoms with Gasteiger partial charge in [0.05, 0.1) is 6.20 Å². The molecule has 4 heteroatoms. The van der Waals surface area contributed by atoms with Crippen LogP contribution < -0.4 is 5.32 Å². The topological polar surface area (TPSA) is 42.0 Å². The lowest BCUT2D eigenvalue weighted by Crippen LogP contribution is -2.31. The van der Waals surface area contributed by atoms with Crippen LogP contribution in [-0.4, -0.2) is 16.9 Å². The van der Waals surface area contributed by atoms with Crippen LogP contribution in [0.1, 0.15) is 51.5 Å². The molecule has 1 aliphatic rings. The first-order valence-corrected chi connectivity index (χ1v) is 8.38. The van der Waals surface area contributed by atoms with Gasteiger partial charge in [0, 0.05) is 11.6 Å². The number of hydrogen-bond acceptors (Lipinski definition) is 3. The highest BCUT2D eigenvalue weighted by Gasteiger charge is 2.19. The Labute approximate surface area is 134 Å². The van der Waals surface area contributed by atoms with Crippen LogP contribution in [0.15, 0.2) is 30.5 Å². The lowest BCUT2D eigenvalue weighted by molar-refractivity contribution is 0.0942. The van der Waals surface area contributed by atoms with Crippen LogP contribution in [0.5, 0.6) is 0 Å². The van der Waals surface area contributed by atoms with Crippen LogP contribution in [-0.2, 0) is 0 Å². The van der Waals surface area contributed by atoms with Gasteiger partial charge in [0.25, 0.3) is 5.91 Å². The predicted octanol–water partition coefficient (Wildman–Crippen LogP) is 3.52. The summed E-state index contributed by atoms with van der Waals surface area (Å²) in [7, 11) is 0. The van der Waals surface area contributed by atoms with E-state index in [4.69, 9.17) is 0 Å². The zero-order valence-corrected chi connectivity index (χ0v) is 13.4. The van der Waals surface area contributed by atoms with E-state index in [1.807, 2.05) is 31.2 Å². The number of rotatable bonds is 2. The minimum Gasteiger partial charge on any atom is -0.349 e. The zero-order valence-electron chi connectivity index (χ0n) is 12.6. The second-order valence-electron chi connectivity index (χ2n) is 5.55. The molecule has 0 bridgehead atoms. The summed E-state index contributed by atoms with van der Waals surface area (Å²) in [5.74, 6) is 6.15. The van der Waals surface area contributed by atoms with Crippen molar-refractivity contribution >= 4 is 17.2 Å². The fourth-order valence-electron chi connectivity index (χ4n) is 2.60. The van der Waals surface area contributed by atoms with Gasteiger partial charge in [0.2, 0.25) is 0 Å². The van der Waals surface area contributed by atoms with Crippen LogP contribution in [0, 0.1) is 18.8 Å². The molecule has 1 heterocycles. The van der Waals surface area contributed by atoms with Crippen molar-refractivity contribution in [2.45, 2.75) is 38.6 Å². The van der Waals surface area contributed by atoms with Crippen molar-refractivity contribution < 1.29 is 4.79 Å². The molecule has 3 nitrogen and oxygen atoms in total. The maximum absolute atomic E-state index is 12.2. The molecule has 0 aliphatic heterocycles. The minimum atomic E-state index is -0.0201. The summed E-state index contributed by atoms with van der Waals surface area (Å²) in [4.78, 5) is 17.0. The van der Waals surface area contributed by atoms with Gasteiger partial charge in [-0.1, -0.05) is 37.0 Å². The molecule has 2 aromatic rings. The normalized spacial score (nSPS) is 14.4. The third-order valence-electron chi connectivity index (χ3n) is 3.87. The molecular formula is C18H18N2OS. The number of carbonyl (C=O) groups is 1. The van der Waals surface area contributed by atoms with Crippen molar-refractivity contribution in [2.75, 3.05) is 0 Å². The van der Waals surface area contributed by atoms with Gasteiger partial charge in [-0.2, -0.15) is 0 Å². The summed E-state index contributed by atoms with van der Waals surface area (Å²) in [5, 5.41) is 3.76. The van der Waals surface area contributed by atoms with Crippen LogP contribution in [0.25, 0.3) is 0 Å². The fourth-order valence-corrected chi connectivity index (χ4v) is 3.27. The number of amides is 1. The number of aromatic nitrogens is 1. The summed E-state index contributed by atoms with van der Waals surface area (Å²) in [5.41, 5.74) is 2.14. The van der Waals surface area contributed by atoms with Gasteiger partial charge in [0.1, 0.15) is 4.88 Å². The molecular weight excluding hydrogens is 292 g/mol. The van der Waals surface area contributed by atoms with Crippen LogP contribution in [0.4, 0.5) is 0 Å². The third kappa shape index (κ3) is 3.55. The molecule has 1 N–H and O–H groups in total. The Kier molecular flexibility index (Phi) is 4.55. The molecule has 0 saturated heterocycles. The van der Waals surface area contributed by atoms with Crippen LogP contribution in [0.2, 0.25) is 0 Å². The summed E-state index contributed by atoms with van der Waals surface area (Å²) >= 11 is 1.35. The van der Waals surface area contributed by atoms with E-state index < -0.39 is 0 Å². The Morgan fingerprint density at radius 1 is 1.27 bits per heavy atom. The first kappa shape index (κ1) is 14.8. The van der Waals surface area contributed by atoms with Gasteiger partial charge in [-0.25, -0.2) is 4.98 Å². The molecule has 0 atom stereocenters. The zero-order chi connectivity index (χ0) is 15.4. The van der Waals surface area contributed by atoms with Crippen LogP contribution >= 0.6 is 11.3 Å². The quantitative estimate of drug-likeness (QED) is 0.862. The van der Waals surface area contributed by atoms with Crippen molar-refractivity contribution in [3.8, 4) is 11.8 Å². The van der Waals surface area contributed by atoms with Crippen LogP contribution in [0.3, 0.4) is 0 Å². The lowest BCUT2D eigenvalue weighted by Gasteiger charge is -2.09. The molecule has 112 valence electrons. The Bertz CT molecular complexity index is 733. The Morgan fingerprint density at radius 3 is 2.82 bits per heavy atom. The van der Waals surface area contributed by atoms with Gasteiger partial charge in [-0.05, 0) is 37.3 Å².